The molecule has 0 aliphatic heterocycles. The lowest BCUT2D eigenvalue weighted by Crippen LogP contribution is -1.99. The van der Waals surface area contributed by atoms with Crippen molar-refractivity contribution < 1.29 is 9.90 Å². The van der Waals surface area contributed by atoms with E-state index in [1.807, 2.05) is 25.4 Å². The molecule has 1 N–H and O–H groups in total. The highest BCUT2D eigenvalue weighted by Gasteiger charge is 2.03. The Hall–Kier alpha value is -1.84. The Balaban J connectivity index is 2.45. The van der Waals surface area contributed by atoms with E-state index in [-0.39, 0.29) is 6.42 Å². The first-order valence-corrected chi connectivity index (χ1v) is 4.29. The molecule has 0 saturated carbocycles. The Morgan fingerprint density at radius 1 is 1.57 bits per heavy atom. The summed E-state index contributed by atoms with van der Waals surface area (Å²) in [4.78, 5) is 10.5. The summed E-state index contributed by atoms with van der Waals surface area (Å²) in [5, 5.41) is 13.8. The Bertz CT molecular complexity index is 488. The molecule has 0 saturated heterocycles. The van der Waals surface area contributed by atoms with E-state index < -0.39 is 5.97 Å². The van der Waals surface area contributed by atoms with Gasteiger partial charge in [0.25, 0.3) is 0 Å². The zero-order valence-electron chi connectivity index (χ0n) is 7.77. The first kappa shape index (κ1) is 8.74. The molecule has 0 amide bonds. The summed E-state index contributed by atoms with van der Waals surface area (Å²) in [5.74, 6) is -0.812. The minimum atomic E-state index is -0.812. The molecule has 1 aromatic carbocycles. The fourth-order valence-electron chi connectivity index (χ4n) is 1.48. The van der Waals surface area contributed by atoms with E-state index in [1.54, 1.807) is 10.7 Å². The summed E-state index contributed by atoms with van der Waals surface area (Å²) in [5.41, 5.74) is 1.69. The minimum Gasteiger partial charge on any atom is -0.481 e. The number of carboxylic acid groups (broad SMARTS) is 1. The molecule has 4 nitrogen and oxygen atoms in total. The van der Waals surface area contributed by atoms with Gasteiger partial charge in [0, 0.05) is 18.6 Å². The summed E-state index contributed by atoms with van der Waals surface area (Å²) >= 11 is 0. The molecular formula is C10H10N2O2. The number of carboxylic acids is 1. The van der Waals surface area contributed by atoms with Crippen LogP contribution in [0, 0.1) is 0 Å². The number of nitrogens with zero attached hydrogens (tertiary/aromatic N) is 2. The van der Waals surface area contributed by atoms with Gasteiger partial charge in [0.1, 0.15) is 0 Å². The lowest BCUT2D eigenvalue weighted by Gasteiger charge is -1.95. The fraction of sp³-hybridized carbons (Fsp3) is 0.200. The Kier molecular flexibility index (Phi) is 1.96. The summed E-state index contributed by atoms with van der Waals surface area (Å²) < 4.78 is 1.72. The number of fused-ring (bicyclic) bond motifs is 1. The third-order valence-corrected chi connectivity index (χ3v) is 2.04. The molecule has 0 unspecified atom stereocenters. The average molecular weight is 190 g/mol. The van der Waals surface area contributed by atoms with Crippen LogP contribution in [0.5, 0.6) is 0 Å². The largest absolute Gasteiger partial charge is 0.481 e. The molecule has 1 heterocycles. The van der Waals surface area contributed by atoms with Crippen molar-refractivity contribution >= 4 is 16.9 Å². The molecule has 0 aliphatic carbocycles. The number of hydrogen-bond donors (Lipinski definition) is 1. The Morgan fingerprint density at radius 3 is 3.07 bits per heavy atom. The molecule has 72 valence electrons. The van der Waals surface area contributed by atoms with Crippen molar-refractivity contribution in [2.75, 3.05) is 0 Å². The third-order valence-electron chi connectivity index (χ3n) is 2.04. The molecule has 0 atom stereocenters. The predicted octanol–water partition coefficient (Wildman–Crippen LogP) is 1.20. The highest BCUT2D eigenvalue weighted by molar-refractivity contribution is 5.80. The van der Waals surface area contributed by atoms with Gasteiger partial charge in [-0.15, -0.1) is 0 Å². The van der Waals surface area contributed by atoms with Crippen molar-refractivity contribution in [3.05, 3.63) is 30.0 Å². The van der Waals surface area contributed by atoms with E-state index in [9.17, 15) is 4.79 Å². The second-order valence-corrected chi connectivity index (χ2v) is 3.27. The Labute approximate surface area is 80.8 Å². The van der Waals surface area contributed by atoms with Gasteiger partial charge >= 0.3 is 5.97 Å². The fourth-order valence-corrected chi connectivity index (χ4v) is 1.48. The lowest BCUT2D eigenvalue weighted by atomic mass is 10.1. The highest BCUT2D eigenvalue weighted by Crippen LogP contribution is 2.14. The molecule has 1 aromatic heterocycles. The van der Waals surface area contributed by atoms with Gasteiger partial charge in [0.15, 0.2) is 0 Å². The number of aliphatic carboxylic acids is 1. The monoisotopic (exact) mass is 190 g/mol. The van der Waals surface area contributed by atoms with Crippen LogP contribution in [0.4, 0.5) is 0 Å². The lowest BCUT2D eigenvalue weighted by molar-refractivity contribution is -0.136. The van der Waals surface area contributed by atoms with E-state index in [0.717, 1.165) is 16.5 Å². The smallest absolute Gasteiger partial charge is 0.307 e. The standard InChI is InChI=1S/C10H10N2O2/c1-12-6-8-4-7(5-10(13)14)2-3-9(8)11-12/h2-4,6H,5H2,1H3,(H,13,14). The maximum atomic E-state index is 10.5. The molecule has 0 spiro atoms. The number of aryl methyl sites for hydroxylation is 1. The minimum absolute atomic E-state index is 0.0604. The average Bonchev–Trinajstić information content (AvgIpc) is 2.42. The first-order chi connectivity index (χ1) is 6.65. The summed E-state index contributed by atoms with van der Waals surface area (Å²) in [6, 6.07) is 5.49. The predicted molar refractivity (Wildman–Crippen MR) is 52.1 cm³/mol. The van der Waals surface area contributed by atoms with Gasteiger partial charge in [-0.2, -0.15) is 5.10 Å². The van der Waals surface area contributed by atoms with Crippen LogP contribution >= 0.6 is 0 Å². The van der Waals surface area contributed by atoms with Crippen LogP contribution in [0.2, 0.25) is 0 Å². The number of rotatable bonds is 2. The van der Waals surface area contributed by atoms with Gasteiger partial charge < -0.3 is 5.11 Å². The van der Waals surface area contributed by atoms with Crippen molar-refractivity contribution in [1.82, 2.24) is 9.78 Å². The second-order valence-electron chi connectivity index (χ2n) is 3.27. The van der Waals surface area contributed by atoms with E-state index in [2.05, 4.69) is 5.10 Å². The molecule has 0 fully saturated rings. The van der Waals surface area contributed by atoms with Crippen LogP contribution in [0.15, 0.2) is 24.4 Å². The number of aromatic nitrogens is 2. The van der Waals surface area contributed by atoms with Crippen LogP contribution < -0.4 is 0 Å². The SMILES string of the molecule is Cn1cc2cc(CC(=O)O)ccc2n1. The van der Waals surface area contributed by atoms with Crippen molar-refractivity contribution in [2.24, 2.45) is 7.05 Å². The zero-order valence-corrected chi connectivity index (χ0v) is 7.77. The zero-order chi connectivity index (χ0) is 10.1. The maximum Gasteiger partial charge on any atom is 0.307 e. The van der Waals surface area contributed by atoms with E-state index in [0.29, 0.717) is 0 Å². The van der Waals surface area contributed by atoms with Crippen molar-refractivity contribution in [3.8, 4) is 0 Å². The molecule has 0 aliphatic rings. The number of carbonyl (C=O) groups is 1. The molecular weight excluding hydrogens is 180 g/mol. The van der Waals surface area contributed by atoms with Crippen molar-refractivity contribution in [2.45, 2.75) is 6.42 Å². The van der Waals surface area contributed by atoms with Crippen molar-refractivity contribution in [3.63, 3.8) is 0 Å². The molecule has 2 aromatic rings. The van der Waals surface area contributed by atoms with Gasteiger partial charge in [0.05, 0.1) is 11.9 Å². The van der Waals surface area contributed by atoms with E-state index >= 15 is 0 Å². The highest BCUT2D eigenvalue weighted by atomic mass is 16.4. The van der Waals surface area contributed by atoms with Crippen LogP contribution in [-0.4, -0.2) is 20.9 Å². The van der Waals surface area contributed by atoms with Crippen LogP contribution in [0.1, 0.15) is 5.56 Å². The summed E-state index contributed by atoms with van der Waals surface area (Å²) in [6.07, 6.45) is 1.94. The van der Waals surface area contributed by atoms with Crippen LogP contribution in [0.25, 0.3) is 10.9 Å². The van der Waals surface area contributed by atoms with Gasteiger partial charge in [-0.05, 0) is 17.7 Å². The molecule has 14 heavy (non-hydrogen) atoms. The molecule has 2 rings (SSSR count). The Morgan fingerprint density at radius 2 is 2.36 bits per heavy atom. The third kappa shape index (κ3) is 1.59. The maximum absolute atomic E-state index is 10.5. The molecule has 0 bridgehead atoms. The van der Waals surface area contributed by atoms with Gasteiger partial charge in [0.2, 0.25) is 0 Å². The van der Waals surface area contributed by atoms with Crippen LogP contribution in [0.3, 0.4) is 0 Å². The normalized spacial score (nSPS) is 10.6. The summed E-state index contributed by atoms with van der Waals surface area (Å²) in [6.45, 7) is 0. The number of benzene rings is 1. The second kappa shape index (κ2) is 3.14. The van der Waals surface area contributed by atoms with E-state index in [4.69, 9.17) is 5.11 Å². The topological polar surface area (TPSA) is 55.1 Å². The molecule has 4 heteroatoms. The molecule has 0 radical (unpaired) electrons. The van der Waals surface area contributed by atoms with Crippen molar-refractivity contribution in [1.29, 1.82) is 0 Å². The van der Waals surface area contributed by atoms with Gasteiger partial charge in [-0.25, -0.2) is 0 Å². The number of hydrogen-bond acceptors (Lipinski definition) is 2. The van der Waals surface area contributed by atoms with E-state index in [1.165, 1.54) is 0 Å². The summed E-state index contributed by atoms with van der Waals surface area (Å²) in [7, 11) is 1.84. The first-order valence-electron chi connectivity index (χ1n) is 4.29. The van der Waals surface area contributed by atoms with Gasteiger partial charge in [-0.1, -0.05) is 6.07 Å². The quantitative estimate of drug-likeness (QED) is 0.774. The van der Waals surface area contributed by atoms with Gasteiger partial charge in [-0.3, -0.25) is 9.48 Å². The van der Waals surface area contributed by atoms with Crippen LogP contribution in [-0.2, 0) is 18.3 Å².